The first-order chi connectivity index (χ1) is 13.0. The lowest BCUT2D eigenvalue weighted by Crippen LogP contribution is -2.42. The molecule has 0 saturated heterocycles. The monoisotopic (exact) mass is 410 g/mol. The molecule has 1 aromatic carbocycles. The Balaban J connectivity index is 1.48. The quantitative estimate of drug-likeness (QED) is 0.408. The van der Waals surface area contributed by atoms with Crippen molar-refractivity contribution in [2.75, 3.05) is 34.0 Å². The fourth-order valence-electron chi connectivity index (χ4n) is 2.62. The summed E-state index contributed by atoms with van der Waals surface area (Å²) in [6.07, 6.45) is 0. The molecule has 146 valence electrons. The predicted molar refractivity (Wildman–Crippen MR) is 105 cm³/mol. The number of nitrogens with one attached hydrogen (secondary N) is 2. The number of rotatable bonds is 7. The van der Waals surface area contributed by atoms with E-state index in [-0.39, 0.29) is 13.3 Å². The van der Waals surface area contributed by atoms with Crippen LogP contribution in [0.5, 0.6) is 11.5 Å². The Morgan fingerprint density at radius 1 is 1.26 bits per heavy atom. The van der Waals surface area contributed by atoms with Gasteiger partial charge in [-0.15, -0.1) is 11.3 Å². The van der Waals surface area contributed by atoms with E-state index in [1.807, 2.05) is 30.1 Å². The van der Waals surface area contributed by atoms with Crippen molar-refractivity contribution in [3.63, 3.8) is 0 Å². The Labute approximate surface area is 162 Å². The first-order valence-electron chi connectivity index (χ1n) is 8.33. The maximum atomic E-state index is 12.1. The van der Waals surface area contributed by atoms with Crippen molar-refractivity contribution in [3.05, 3.63) is 41.3 Å². The summed E-state index contributed by atoms with van der Waals surface area (Å²) in [5.74, 6) is 2.16. The predicted octanol–water partition coefficient (Wildman–Crippen LogP) is 1.46. The Morgan fingerprint density at radius 2 is 2.07 bits per heavy atom. The van der Waals surface area contributed by atoms with Gasteiger partial charge in [0.1, 0.15) is 4.21 Å². The third-order valence-electron chi connectivity index (χ3n) is 3.89. The molecule has 0 radical (unpaired) electrons. The molecular formula is C17H22N4O4S2. The van der Waals surface area contributed by atoms with Gasteiger partial charge in [0.2, 0.25) is 16.8 Å². The van der Waals surface area contributed by atoms with Crippen LogP contribution in [0.2, 0.25) is 0 Å². The van der Waals surface area contributed by atoms with Crippen LogP contribution >= 0.6 is 11.3 Å². The molecular weight excluding hydrogens is 388 g/mol. The second kappa shape index (κ2) is 8.59. The van der Waals surface area contributed by atoms with E-state index < -0.39 is 10.0 Å². The highest BCUT2D eigenvalue weighted by Gasteiger charge is 2.16. The average molecular weight is 411 g/mol. The molecule has 0 bridgehead atoms. The van der Waals surface area contributed by atoms with Crippen LogP contribution in [0.3, 0.4) is 0 Å². The zero-order chi connectivity index (χ0) is 19.3. The number of ether oxygens (including phenoxy) is 2. The molecule has 0 unspecified atom stereocenters. The van der Waals surface area contributed by atoms with E-state index >= 15 is 0 Å². The number of guanidine groups is 1. The van der Waals surface area contributed by atoms with Crippen LogP contribution in [0.4, 0.5) is 0 Å². The van der Waals surface area contributed by atoms with Crippen LogP contribution in [0.1, 0.15) is 5.56 Å². The summed E-state index contributed by atoms with van der Waals surface area (Å²) < 4.78 is 37.8. The lowest BCUT2D eigenvalue weighted by Gasteiger charge is -2.22. The number of hydrogen-bond donors (Lipinski definition) is 2. The number of thiophene rings is 1. The Bertz CT molecular complexity index is 898. The fourth-order valence-corrected chi connectivity index (χ4v) is 4.69. The summed E-state index contributed by atoms with van der Waals surface area (Å²) in [4.78, 5) is 6.19. The summed E-state index contributed by atoms with van der Waals surface area (Å²) in [5, 5.41) is 4.89. The number of sulfonamides is 1. The summed E-state index contributed by atoms with van der Waals surface area (Å²) in [5.41, 5.74) is 1.06. The molecule has 8 nitrogen and oxygen atoms in total. The topological polar surface area (TPSA) is 92.3 Å². The summed E-state index contributed by atoms with van der Waals surface area (Å²) in [6, 6.07) is 9.11. The molecule has 2 N–H and O–H groups in total. The molecule has 0 fully saturated rings. The van der Waals surface area contributed by atoms with E-state index in [0.29, 0.717) is 23.3 Å². The minimum atomic E-state index is -3.45. The third kappa shape index (κ3) is 4.90. The second-order valence-corrected chi connectivity index (χ2v) is 8.79. The number of fused-ring (bicyclic) bond motifs is 1. The van der Waals surface area contributed by atoms with E-state index in [2.05, 4.69) is 15.0 Å². The summed E-state index contributed by atoms with van der Waals surface area (Å²) in [7, 11) is 0.154. The molecule has 0 saturated carbocycles. The number of benzene rings is 1. The van der Waals surface area contributed by atoms with E-state index in [4.69, 9.17) is 9.47 Å². The van der Waals surface area contributed by atoms with Crippen molar-refractivity contribution in [1.82, 2.24) is 14.9 Å². The molecule has 2 heterocycles. The zero-order valence-electron chi connectivity index (χ0n) is 15.1. The number of aliphatic imine (C=N–C) groups is 1. The van der Waals surface area contributed by atoms with Crippen molar-refractivity contribution in [1.29, 1.82) is 0 Å². The molecule has 1 aromatic heterocycles. The van der Waals surface area contributed by atoms with Crippen LogP contribution in [-0.2, 0) is 16.6 Å². The molecule has 0 aliphatic carbocycles. The first-order valence-corrected chi connectivity index (χ1v) is 10.7. The lowest BCUT2D eigenvalue weighted by atomic mass is 10.2. The van der Waals surface area contributed by atoms with Crippen molar-refractivity contribution < 1.29 is 17.9 Å². The van der Waals surface area contributed by atoms with Crippen molar-refractivity contribution in [2.24, 2.45) is 4.99 Å². The van der Waals surface area contributed by atoms with Gasteiger partial charge in [0, 0.05) is 33.7 Å². The van der Waals surface area contributed by atoms with Gasteiger partial charge >= 0.3 is 0 Å². The maximum absolute atomic E-state index is 12.1. The van der Waals surface area contributed by atoms with Crippen LogP contribution in [0.25, 0.3) is 0 Å². The van der Waals surface area contributed by atoms with Gasteiger partial charge < -0.3 is 19.7 Å². The molecule has 1 aliphatic heterocycles. The van der Waals surface area contributed by atoms with Crippen molar-refractivity contribution in [3.8, 4) is 11.5 Å². The average Bonchev–Trinajstić information content (AvgIpc) is 3.33. The third-order valence-corrected chi connectivity index (χ3v) is 6.75. The van der Waals surface area contributed by atoms with Gasteiger partial charge in [-0.05, 0) is 29.1 Å². The fraction of sp³-hybridized carbons (Fsp3) is 0.353. The van der Waals surface area contributed by atoms with E-state index in [0.717, 1.165) is 17.1 Å². The van der Waals surface area contributed by atoms with Gasteiger partial charge in [-0.25, -0.2) is 13.1 Å². The highest BCUT2D eigenvalue weighted by atomic mass is 32.2. The van der Waals surface area contributed by atoms with Gasteiger partial charge in [-0.3, -0.25) is 4.99 Å². The normalized spacial score (nSPS) is 13.6. The molecule has 3 rings (SSSR count). The molecule has 0 atom stereocenters. The van der Waals surface area contributed by atoms with Crippen LogP contribution in [0.15, 0.2) is 44.9 Å². The number of nitrogens with zero attached hydrogens (tertiary/aromatic N) is 2. The van der Waals surface area contributed by atoms with Crippen LogP contribution in [-0.4, -0.2) is 53.3 Å². The minimum absolute atomic E-state index is 0.249. The highest BCUT2D eigenvalue weighted by molar-refractivity contribution is 7.91. The highest BCUT2D eigenvalue weighted by Crippen LogP contribution is 2.32. The Hall–Kier alpha value is -2.30. The van der Waals surface area contributed by atoms with Crippen LogP contribution < -0.4 is 19.5 Å². The molecule has 1 aliphatic rings. The smallest absolute Gasteiger partial charge is 0.250 e. The van der Waals surface area contributed by atoms with E-state index in [1.165, 1.54) is 11.3 Å². The van der Waals surface area contributed by atoms with Gasteiger partial charge in [-0.1, -0.05) is 12.1 Å². The molecule has 0 spiro atoms. The van der Waals surface area contributed by atoms with Crippen LogP contribution in [0, 0.1) is 0 Å². The summed E-state index contributed by atoms with van der Waals surface area (Å²) >= 11 is 1.19. The second-order valence-electron chi connectivity index (χ2n) is 5.85. The first kappa shape index (κ1) is 19.5. The van der Waals surface area contributed by atoms with Crippen molar-refractivity contribution >= 4 is 27.3 Å². The molecule has 0 amide bonds. The minimum Gasteiger partial charge on any atom is -0.454 e. The molecule has 27 heavy (non-hydrogen) atoms. The van der Waals surface area contributed by atoms with Gasteiger partial charge in [0.25, 0.3) is 0 Å². The lowest BCUT2D eigenvalue weighted by molar-refractivity contribution is 0.174. The molecule has 2 aromatic rings. The maximum Gasteiger partial charge on any atom is 0.250 e. The van der Waals surface area contributed by atoms with Gasteiger partial charge in [0.05, 0.1) is 0 Å². The standard InChI is InChI=1S/C17H22N4O4S2/c1-18-17(19-7-8-20-27(22,23)16-4-3-9-26-16)21(2)11-13-5-6-14-15(10-13)25-12-24-14/h3-6,9-10,20H,7-8,11-12H2,1-2H3,(H,18,19). The largest absolute Gasteiger partial charge is 0.454 e. The van der Waals surface area contributed by atoms with E-state index in [1.54, 1.807) is 24.6 Å². The Morgan fingerprint density at radius 3 is 2.81 bits per heavy atom. The summed E-state index contributed by atoms with van der Waals surface area (Å²) in [6.45, 7) is 1.55. The molecule has 10 heteroatoms. The number of hydrogen-bond acceptors (Lipinski definition) is 6. The van der Waals surface area contributed by atoms with Crippen molar-refractivity contribution in [2.45, 2.75) is 10.8 Å². The van der Waals surface area contributed by atoms with E-state index in [9.17, 15) is 8.42 Å². The SMILES string of the molecule is CN=C(NCCNS(=O)(=O)c1cccs1)N(C)Cc1ccc2c(c1)OCO2. The Kier molecular flexibility index (Phi) is 6.19. The van der Waals surface area contributed by atoms with Gasteiger partial charge in [0.15, 0.2) is 17.5 Å². The zero-order valence-corrected chi connectivity index (χ0v) is 16.8. The van der Waals surface area contributed by atoms with Gasteiger partial charge in [-0.2, -0.15) is 0 Å².